The third-order valence-corrected chi connectivity index (χ3v) is 4.16. The highest BCUT2D eigenvalue weighted by Gasteiger charge is 2.12. The Labute approximate surface area is 146 Å². The molecular formula is C18H15BrN2O3. The standard InChI is InChI=1S/C18H15BrN2O3/c1-24-14-5-2-11(3-6-14)10-20-17(22)15-9-12-8-13(19)4-7-16(12)21-18(15)23/h2-9H,10H2,1H3,(H,20,22)(H,21,23). The number of fused-ring (bicyclic) bond motifs is 1. The fourth-order valence-electron chi connectivity index (χ4n) is 2.37. The molecule has 122 valence electrons. The molecule has 24 heavy (non-hydrogen) atoms. The van der Waals surface area contributed by atoms with E-state index in [9.17, 15) is 9.59 Å². The van der Waals surface area contributed by atoms with Crippen LogP contribution in [0.5, 0.6) is 5.75 Å². The van der Waals surface area contributed by atoms with Crippen molar-refractivity contribution in [3.8, 4) is 5.75 Å². The molecule has 2 aromatic carbocycles. The molecule has 6 heteroatoms. The fraction of sp³-hybridized carbons (Fsp3) is 0.111. The number of nitrogens with one attached hydrogen (secondary N) is 2. The zero-order valence-electron chi connectivity index (χ0n) is 12.9. The van der Waals surface area contributed by atoms with Gasteiger partial charge in [0.2, 0.25) is 0 Å². The lowest BCUT2D eigenvalue weighted by atomic mass is 10.1. The van der Waals surface area contributed by atoms with Gasteiger partial charge in [-0.25, -0.2) is 0 Å². The quantitative estimate of drug-likeness (QED) is 0.722. The Morgan fingerprint density at radius 3 is 2.62 bits per heavy atom. The SMILES string of the molecule is COc1ccc(CNC(=O)c2cc3cc(Br)ccc3[nH]c2=O)cc1. The number of carbonyl (C=O) groups is 1. The third kappa shape index (κ3) is 3.49. The van der Waals surface area contributed by atoms with Gasteiger partial charge in [-0.05, 0) is 42.0 Å². The Kier molecular flexibility index (Phi) is 4.66. The first-order valence-corrected chi connectivity index (χ1v) is 8.10. The summed E-state index contributed by atoms with van der Waals surface area (Å²) in [6, 6.07) is 14.4. The summed E-state index contributed by atoms with van der Waals surface area (Å²) in [4.78, 5) is 27.2. The van der Waals surface area contributed by atoms with Crippen LogP contribution in [0.15, 0.2) is 57.8 Å². The lowest BCUT2D eigenvalue weighted by Gasteiger charge is -2.07. The van der Waals surface area contributed by atoms with Crippen molar-refractivity contribution in [3.05, 3.63) is 74.5 Å². The zero-order chi connectivity index (χ0) is 17.1. The summed E-state index contributed by atoms with van der Waals surface area (Å²) in [7, 11) is 1.60. The van der Waals surface area contributed by atoms with Crippen molar-refractivity contribution < 1.29 is 9.53 Å². The first kappa shape index (κ1) is 16.3. The van der Waals surface area contributed by atoms with Crippen LogP contribution in [0, 0.1) is 0 Å². The minimum atomic E-state index is -0.408. The first-order valence-electron chi connectivity index (χ1n) is 7.30. The molecular weight excluding hydrogens is 372 g/mol. The van der Waals surface area contributed by atoms with E-state index in [1.807, 2.05) is 36.4 Å². The Morgan fingerprint density at radius 2 is 1.92 bits per heavy atom. The van der Waals surface area contributed by atoms with Crippen molar-refractivity contribution in [2.24, 2.45) is 0 Å². The molecule has 2 N–H and O–H groups in total. The predicted octanol–water partition coefficient (Wildman–Crippen LogP) is 3.23. The Morgan fingerprint density at radius 1 is 1.17 bits per heavy atom. The maximum Gasteiger partial charge on any atom is 0.261 e. The number of aromatic amines is 1. The molecule has 3 aromatic rings. The van der Waals surface area contributed by atoms with Crippen molar-refractivity contribution in [2.75, 3.05) is 7.11 Å². The second kappa shape index (κ2) is 6.88. The van der Waals surface area contributed by atoms with E-state index in [4.69, 9.17) is 4.74 Å². The molecule has 0 spiro atoms. The second-order valence-electron chi connectivity index (χ2n) is 5.27. The van der Waals surface area contributed by atoms with Gasteiger partial charge in [0, 0.05) is 21.9 Å². The van der Waals surface area contributed by atoms with Gasteiger partial charge in [-0.15, -0.1) is 0 Å². The minimum absolute atomic E-state index is 0.0918. The number of pyridine rings is 1. The molecule has 5 nitrogen and oxygen atoms in total. The van der Waals surface area contributed by atoms with Crippen molar-refractivity contribution in [3.63, 3.8) is 0 Å². The molecule has 1 amide bonds. The molecule has 0 aliphatic rings. The molecule has 0 bridgehead atoms. The molecule has 0 unspecified atom stereocenters. The number of methoxy groups -OCH3 is 1. The van der Waals surface area contributed by atoms with Gasteiger partial charge in [-0.2, -0.15) is 0 Å². The number of amides is 1. The van der Waals surface area contributed by atoms with Crippen LogP contribution in [-0.4, -0.2) is 18.0 Å². The van der Waals surface area contributed by atoms with Gasteiger partial charge >= 0.3 is 0 Å². The maximum atomic E-state index is 12.3. The van der Waals surface area contributed by atoms with E-state index in [1.54, 1.807) is 19.2 Å². The van der Waals surface area contributed by atoms with Crippen LogP contribution in [0.4, 0.5) is 0 Å². The molecule has 3 rings (SSSR count). The first-order chi connectivity index (χ1) is 11.6. The van der Waals surface area contributed by atoms with Gasteiger partial charge in [-0.1, -0.05) is 28.1 Å². The van der Waals surface area contributed by atoms with Gasteiger partial charge in [0.1, 0.15) is 11.3 Å². The lowest BCUT2D eigenvalue weighted by molar-refractivity contribution is 0.0949. The van der Waals surface area contributed by atoms with Crippen LogP contribution in [0.25, 0.3) is 10.9 Å². The number of rotatable bonds is 4. The molecule has 0 atom stereocenters. The number of hydrogen-bond donors (Lipinski definition) is 2. The van der Waals surface area contributed by atoms with E-state index >= 15 is 0 Å². The summed E-state index contributed by atoms with van der Waals surface area (Å²) >= 11 is 3.38. The predicted molar refractivity (Wildman–Crippen MR) is 96.4 cm³/mol. The summed E-state index contributed by atoms with van der Waals surface area (Å²) in [5, 5.41) is 3.55. The van der Waals surface area contributed by atoms with Crippen molar-refractivity contribution in [1.29, 1.82) is 0 Å². The fourth-order valence-corrected chi connectivity index (χ4v) is 2.75. The maximum absolute atomic E-state index is 12.3. The van der Waals surface area contributed by atoms with E-state index in [0.29, 0.717) is 12.1 Å². The highest BCUT2D eigenvalue weighted by molar-refractivity contribution is 9.10. The average Bonchev–Trinajstić information content (AvgIpc) is 2.60. The molecule has 0 fully saturated rings. The topological polar surface area (TPSA) is 71.2 Å². The summed E-state index contributed by atoms with van der Waals surface area (Å²) in [6.07, 6.45) is 0. The highest BCUT2D eigenvalue weighted by Crippen LogP contribution is 2.18. The Bertz CT molecular complexity index is 949. The van der Waals surface area contributed by atoms with Gasteiger partial charge in [0.15, 0.2) is 0 Å². The molecule has 1 aromatic heterocycles. The minimum Gasteiger partial charge on any atom is -0.497 e. The monoisotopic (exact) mass is 386 g/mol. The van der Waals surface area contributed by atoms with Crippen molar-refractivity contribution in [2.45, 2.75) is 6.54 Å². The number of H-pyrrole nitrogens is 1. The number of aromatic nitrogens is 1. The number of benzene rings is 2. The van der Waals surface area contributed by atoms with Crippen LogP contribution in [0.3, 0.4) is 0 Å². The van der Waals surface area contributed by atoms with E-state index in [0.717, 1.165) is 21.2 Å². The van der Waals surface area contributed by atoms with Crippen molar-refractivity contribution in [1.82, 2.24) is 10.3 Å². The van der Waals surface area contributed by atoms with E-state index in [2.05, 4.69) is 26.2 Å². The van der Waals surface area contributed by atoms with Crippen LogP contribution in [-0.2, 0) is 6.54 Å². The number of hydrogen-bond acceptors (Lipinski definition) is 3. The number of carbonyl (C=O) groups excluding carboxylic acids is 1. The summed E-state index contributed by atoms with van der Waals surface area (Å²) in [5.74, 6) is 0.343. The highest BCUT2D eigenvalue weighted by atomic mass is 79.9. The Hall–Kier alpha value is -2.60. The summed E-state index contributed by atoms with van der Waals surface area (Å²) < 4.78 is 5.97. The normalized spacial score (nSPS) is 10.6. The molecule has 0 saturated heterocycles. The van der Waals surface area contributed by atoms with Crippen LogP contribution in [0.1, 0.15) is 15.9 Å². The molecule has 0 radical (unpaired) electrons. The zero-order valence-corrected chi connectivity index (χ0v) is 14.5. The average molecular weight is 387 g/mol. The van der Waals surface area contributed by atoms with Gasteiger partial charge in [0.05, 0.1) is 7.11 Å². The third-order valence-electron chi connectivity index (χ3n) is 3.66. The molecule has 0 aliphatic heterocycles. The van der Waals surface area contributed by atoms with E-state index in [1.165, 1.54) is 0 Å². The van der Waals surface area contributed by atoms with Crippen LogP contribution >= 0.6 is 15.9 Å². The summed E-state index contributed by atoms with van der Waals surface area (Å²) in [5.41, 5.74) is 1.30. The second-order valence-corrected chi connectivity index (χ2v) is 6.19. The van der Waals surface area contributed by atoms with Crippen LogP contribution in [0.2, 0.25) is 0 Å². The van der Waals surface area contributed by atoms with Crippen LogP contribution < -0.4 is 15.6 Å². The molecule has 1 heterocycles. The number of halogens is 1. The summed E-state index contributed by atoms with van der Waals surface area (Å²) in [6.45, 7) is 0.332. The lowest BCUT2D eigenvalue weighted by Crippen LogP contribution is -2.29. The molecule has 0 aliphatic carbocycles. The smallest absolute Gasteiger partial charge is 0.261 e. The largest absolute Gasteiger partial charge is 0.497 e. The van der Waals surface area contributed by atoms with E-state index < -0.39 is 11.5 Å². The van der Waals surface area contributed by atoms with E-state index in [-0.39, 0.29) is 5.56 Å². The van der Waals surface area contributed by atoms with Gasteiger partial charge in [0.25, 0.3) is 11.5 Å². The van der Waals surface area contributed by atoms with Gasteiger partial charge in [-0.3, -0.25) is 9.59 Å². The molecule has 0 saturated carbocycles. The Balaban J connectivity index is 1.80. The van der Waals surface area contributed by atoms with Crippen molar-refractivity contribution >= 4 is 32.7 Å². The van der Waals surface area contributed by atoms with Gasteiger partial charge < -0.3 is 15.0 Å². The number of ether oxygens (including phenoxy) is 1.